The van der Waals surface area contributed by atoms with Crippen molar-refractivity contribution in [2.45, 2.75) is 0 Å². The first-order chi connectivity index (χ1) is 8.78. The summed E-state index contributed by atoms with van der Waals surface area (Å²) in [5.41, 5.74) is 1.93. The van der Waals surface area contributed by atoms with E-state index in [0.29, 0.717) is 5.75 Å². The van der Waals surface area contributed by atoms with Crippen molar-refractivity contribution in [3.05, 3.63) is 42.5 Å². The SMILES string of the molecule is COc1cc(OC)cc(-c2ccc[c]c2OC)c1. The lowest BCUT2D eigenvalue weighted by Gasteiger charge is -2.11. The monoisotopic (exact) mass is 243 g/mol. The van der Waals surface area contributed by atoms with Crippen LogP contribution in [0.3, 0.4) is 0 Å². The van der Waals surface area contributed by atoms with Gasteiger partial charge < -0.3 is 14.2 Å². The molecule has 0 atom stereocenters. The van der Waals surface area contributed by atoms with E-state index in [1.165, 1.54) is 0 Å². The Bertz CT molecular complexity index is 513. The molecule has 0 aliphatic heterocycles. The number of methoxy groups -OCH3 is 3. The number of para-hydroxylation sites is 1. The number of benzene rings is 2. The molecule has 93 valence electrons. The van der Waals surface area contributed by atoms with Gasteiger partial charge in [0.2, 0.25) is 0 Å². The van der Waals surface area contributed by atoms with Gasteiger partial charge in [-0.1, -0.05) is 18.2 Å². The van der Waals surface area contributed by atoms with E-state index in [1.807, 2.05) is 36.4 Å². The molecule has 0 unspecified atom stereocenters. The molecule has 0 fully saturated rings. The van der Waals surface area contributed by atoms with Crippen LogP contribution in [0.1, 0.15) is 0 Å². The highest BCUT2D eigenvalue weighted by molar-refractivity contribution is 5.72. The zero-order chi connectivity index (χ0) is 13.0. The second kappa shape index (κ2) is 5.45. The minimum Gasteiger partial charge on any atom is -0.497 e. The van der Waals surface area contributed by atoms with Crippen LogP contribution in [0.2, 0.25) is 0 Å². The molecule has 0 aliphatic rings. The minimum atomic E-state index is 0.702. The Hall–Kier alpha value is -2.16. The number of ether oxygens (including phenoxy) is 3. The van der Waals surface area contributed by atoms with E-state index in [0.717, 1.165) is 22.6 Å². The fourth-order valence-corrected chi connectivity index (χ4v) is 1.78. The summed E-state index contributed by atoms with van der Waals surface area (Å²) in [6, 6.07) is 14.5. The van der Waals surface area contributed by atoms with Gasteiger partial charge >= 0.3 is 0 Å². The molecule has 0 heterocycles. The van der Waals surface area contributed by atoms with Crippen LogP contribution in [0.25, 0.3) is 11.1 Å². The summed E-state index contributed by atoms with van der Waals surface area (Å²) in [7, 11) is 4.90. The molecule has 2 aromatic carbocycles. The molecule has 0 saturated heterocycles. The van der Waals surface area contributed by atoms with Crippen molar-refractivity contribution >= 4 is 0 Å². The van der Waals surface area contributed by atoms with E-state index in [2.05, 4.69) is 6.07 Å². The van der Waals surface area contributed by atoms with Crippen molar-refractivity contribution in [1.29, 1.82) is 0 Å². The first-order valence-electron chi connectivity index (χ1n) is 5.56. The molecule has 0 amide bonds. The third kappa shape index (κ3) is 2.40. The Morgan fingerprint density at radius 3 is 2.11 bits per heavy atom. The summed E-state index contributed by atoms with van der Waals surface area (Å²) < 4.78 is 15.8. The Morgan fingerprint density at radius 2 is 1.56 bits per heavy atom. The molecule has 0 aliphatic carbocycles. The Kier molecular flexibility index (Phi) is 3.72. The Morgan fingerprint density at radius 1 is 0.889 bits per heavy atom. The molecule has 0 aromatic heterocycles. The van der Waals surface area contributed by atoms with Crippen LogP contribution in [0, 0.1) is 6.07 Å². The maximum atomic E-state index is 5.31. The van der Waals surface area contributed by atoms with Crippen LogP contribution >= 0.6 is 0 Å². The largest absolute Gasteiger partial charge is 0.497 e. The predicted octanol–water partition coefficient (Wildman–Crippen LogP) is 3.18. The van der Waals surface area contributed by atoms with Crippen LogP contribution in [0.4, 0.5) is 0 Å². The fraction of sp³-hybridized carbons (Fsp3) is 0.200. The van der Waals surface area contributed by atoms with Gasteiger partial charge in [0.25, 0.3) is 0 Å². The molecule has 18 heavy (non-hydrogen) atoms. The molecule has 1 radical (unpaired) electrons. The average molecular weight is 243 g/mol. The highest BCUT2D eigenvalue weighted by Gasteiger charge is 2.08. The van der Waals surface area contributed by atoms with Crippen LogP contribution in [-0.2, 0) is 0 Å². The van der Waals surface area contributed by atoms with Crippen molar-refractivity contribution in [1.82, 2.24) is 0 Å². The molecular weight excluding hydrogens is 228 g/mol. The van der Waals surface area contributed by atoms with Crippen LogP contribution < -0.4 is 14.2 Å². The quantitative estimate of drug-likeness (QED) is 0.825. The smallest absolute Gasteiger partial charge is 0.134 e. The van der Waals surface area contributed by atoms with Gasteiger partial charge in [0.15, 0.2) is 0 Å². The van der Waals surface area contributed by atoms with Crippen LogP contribution in [-0.4, -0.2) is 21.3 Å². The minimum absolute atomic E-state index is 0.702. The Balaban J connectivity index is 2.55. The molecule has 0 bridgehead atoms. The Labute approximate surface area is 107 Å². The van der Waals surface area contributed by atoms with Gasteiger partial charge in [-0.2, -0.15) is 0 Å². The van der Waals surface area contributed by atoms with E-state index in [9.17, 15) is 0 Å². The van der Waals surface area contributed by atoms with E-state index in [4.69, 9.17) is 14.2 Å². The molecule has 3 nitrogen and oxygen atoms in total. The lowest BCUT2D eigenvalue weighted by molar-refractivity contribution is 0.394. The van der Waals surface area contributed by atoms with Crippen LogP contribution in [0.15, 0.2) is 36.4 Å². The zero-order valence-electron chi connectivity index (χ0n) is 10.7. The molecule has 2 rings (SSSR count). The lowest BCUT2D eigenvalue weighted by atomic mass is 10.0. The van der Waals surface area contributed by atoms with Crippen molar-refractivity contribution in [2.75, 3.05) is 21.3 Å². The van der Waals surface area contributed by atoms with Gasteiger partial charge in [-0.15, -0.1) is 0 Å². The first kappa shape index (κ1) is 12.3. The van der Waals surface area contributed by atoms with Gasteiger partial charge in [-0.05, 0) is 17.7 Å². The number of rotatable bonds is 4. The van der Waals surface area contributed by atoms with Crippen molar-refractivity contribution in [3.63, 3.8) is 0 Å². The lowest BCUT2D eigenvalue weighted by Crippen LogP contribution is -1.91. The standard InChI is InChI=1S/C15H15O3/c1-16-12-8-11(9-13(10-12)17-2)14-6-4-5-7-15(14)18-3/h4-6,8-10H,1-3H3. The molecule has 0 saturated carbocycles. The van der Waals surface area contributed by atoms with Crippen molar-refractivity contribution in [3.8, 4) is 28.4 Å². The highest BCUT2D eigenvalue weighted by Crippen LogP contribution is 2.34. The topological polar surface area (TPSA) is 27.7 Å². The third-order valence-corrected chi connectivity index (χ3v) is 2.68. The zero-order valence-corrected chi connectivity index (χ0v) is 10.7. The second-order valence-corrected chi connectivity index (χ2v) is 3.72. The normalized spacial score (nSPS) is 9.94. The fourth-order valence-electron chi connectivity index (χ4n) is 1.78. The second-order valence-electron chi connectivity index (χ2n) is 3.72. The summed E-state index contributed by atoms with van der Waals surface area (Å²) in [6.07, 6.45) is 0. The van der Waals surface area contributed by atoms with Gasteiger partial charge in [0.1, 0.15) is 17.2 Å². The van der Waals surface area contributed by atoms with E-state index >= 15 is 0 Å². The van der Waals surface area contributed by atoms with Crippen molar-refractivity contribution in [2.24, 2.45) is 0 Å². The summed E-state index contributed by atoms with van der Waals surface area (Å²) in [4.78, 5) is 0. The van der Waals surface area contributed by atoms with Gasteiger partial charge in [-0.3, -0.25) is 0 Å². The van der Waals surface area contributed by atoms with Crippen LogP contribution in [0.5, 0.6) is 17.2 Å². The molecule has 0 spiro atoms. The molecule has 2 aromatic rings. The maximum Gasteiger partial charge on any atom is 0.134 e. The summed E-state index contributed by atoms with van der Waals surface area (Å²) in [5.74, 6) is 2.19. The average Bonchev–Trinajstić information content (AvgIpc) is 2.46. The van der Waals surface area contributed by atoms with Crippen molar-refractivity contribution < 1.29 is 14.2 Å². The highest BCUT2D eigenvalue weighted by atomic mass is 16.5. The van der Waals surface area contributed by atoms with Gasteiger partial charge in [-0.25, -0.2) is 0 Å². The third-order valence-electron chi connectivity index (χ3n) is 2.68. The maximum absolute atomic E-state index is 5.31. The molecule has 3 heteroatoms. The van der Waals surface area contributed by atoms with E-state index in [-0.39, 0.29) is 0 Å². The first-order valence-corrected chi connectivity index (χ1v) is 5.56. The van der Waals surface area contributed by atoms with Gasteiger partial charge in [0.05, 0.1) is 21.3 Å². The molecular formula is C15H15O3. The summed E-state index contributed by atoms with van der Waals surface area (Å²) >= 11 is 0. The number of hydrogen-bond donors (Lipinski definition) is 0. The van der Waals surface area contributed by atoms with E-state index in [1.54, 1.807) is 21.3 Å². The van der Waals surface area contributed by atoms with Gasteiger partial charge in [0, 0.05) is 17.7 Å². The number of hydrogen-bond acceptors (Lipinski definition) is 3. The van der Waals surface area contributed by atoms with E-state index < -0.39 is 0 Å². The summed E-state index contributed by atoms with van der Waals surface area (Å²) in [6.45, 7) is 0. The molecule has 0 N–H and O–H groups in total. The summed E-state index contributed by atoms with van der Waals surface area (Å²) in [5, 5.41) is 0. The predicted molar refractivity (Wildman–Crippen MR) is 70.4 cm³/mol.